The van der Waals surface area contributed by atoms with E-state index in [4.69, 9.17) is 15.2 Å². The van der Waals surface area contributed by atoms with Crippen molar-refractivity contribution in [3.05, 3.63) is 95.9 Å². The predicted octanol–water partition coefficient (Wildman–Crippen LogP) is 6.24. The van der Waals surface area contributed by atoms with E-state index in [-0.39, 0.29) is 65.7 Å². The molecule has 4 N–H and O–H groups in total. The summed E-state index contributed by atoms with van der Waals surface area (Å²) >= 11 is 0. The fourth-order valence-electron chi connectivity index (χ4n) is 11.5. The second-order valence-electron chi connectivity index (χ2n) is 17.9. The monoisotopic (exact) mass is 787 g/mol. The number of ether oxygens (including phenoxy) is 2. The second kappa shape index (κ2) is 15.6. The van der Waals surface area contributed by atoms with Crippen molar-refractivity contribution < 1.29 is 38.6 Å². The summed E-state index contributed by atoms with van der Waals surface area (Å²) in [6.45, 7) is 6.33. The fraction of sp³-hybridized carbons (Fsp3) is 0.489. The number of hydrogen-bond donors (Lipinski definition) is 3. The number of hydrogen-bond acceptors (Lipinski definition) is 10. The highest BCUT2D eigenvalue weighted by Gasteiger charge is 2.64. The molecule has 4 fully saturated rings. The number of aliphatic hydroxyl groups is 1. The van der Waals surface area contributed by atoms with E-state index < -0.39 is 41.2 Å². The van der Waals surface area contributed by atoms with Gasteiger partial charge in [-0.05, 0) is 115 Å². The minimum absolute atomic E-state index is 0.000761. The van der Waals surface area contributed by atoms with Gasteiger partial charge in [0.25, 0.3) is 0 Å². The quantitative estimate of drug-likeness (QED) is 0.178. The Morgan fingerprint density at radius 3 is 2.52 bits per heavy atom. The van der Waals surface area contributed by atoms with Crippen molar-refractivity contribution in [2.24, 2.45) is 58.0 Å². The molecule has 58 heavy (non-hydrogen) atoms. The molecule has 11 atom stereocenters. The summed E-state index contributed by atoms with van der Waals surface area (Å²) in [6, 6.07) is 14.8. The Kier molecular flexibility index (Phi) is 10.7. The summed E-state index contributed by atoms with van der Waals surface area (Å²) in [4.78, 5) is 69.5. The number of carbonyl (C=O) groups excluding carboxylic acids is 5. The van der Waals surface area contributed by atoms with Gasteiger partial charge in [-0.15, -0.1) is 0 Å². The van der Waals surface area contributed by atoms with Gasteiger partial charge in [-0.2, -0.15) is 0 Å². The maximum Gasteiger partial charge on any atom is 0.310 e. The number of allylic oxidation sites excluding steroid dienone is 4. The molecular formula is C47H53N3O8. The van der Waals surface area contributed by atoms with Gasteiger partial charge in [-0.25, -0.2) is 0 Å². The molecule has 0 bridgehead atoms. The molecule has 1 amide bonds. The first-order valence-corrected chi connectivity index (χ1v) is 20.7. The van der Waals surface area contributed by atoms with Crippen molar-refractivity contribution in [3.63, 3.8) is 0 Å². The van der Waals surface area contributed by atoms with Crippen LogP contribution in [-0.2, 0) is 40.1 Å². The Balaban J connectivity index is 0.817. The van der Waals surface area contributed by atoms with Crippen molar-refractivity contribution >= 4 is 45.9 Å². The van der Waals surface area contributed by atoms with E-state index in [9.17, 15) is 29.1 Å². The Morgan fingerprint density at radius 2 is 1.76 bits per heavy atom. The van der Waals surface area contributed by atoms with Crippen LogP contribution in [0.2, 0.25) is 0 Å². The van der Waals surface area contributed by atoms with Crippen LogP contribution in [0.1, 0.15) is 76.3 Å². The summed E-state index contributed by atoms with van der Waals surface area (Å²) in [5.74, 6) is -2.99. The van der Waals surface area contributed by atoms with Crippen LogP contribution in [-0.4, -0.2) is 58.8 Å². The van der Waals surface area contributed by atoms with E-state index in [2.05, 4.69) is 31.1 Å². The van der Waals surface area contributed by atoms with Crippen LogP contribution in [0.5, 0.6) is 0 Å². The molecule has 0 saturated heterocycles. The number of aliphatic hydroxyl groups excluding tert-OH is 1. The lowest BCUT2D eigenvalue weighted by atomic mass is 9.46. The molecule has 8 rings (SSSR count). The van der Waals surface area contributed by atoms with E-state index in [1.54, 1.807) is 24.5 Å². The third kappa shape index (κ3) is 7.32. The smallest absolute Gasteiger partial charge is 0.310 e. The van der Waals surface area contributed by atoms with Crippen LogP contribution in [0.25, 0.3) is 10.8 Å². The minimum Gasteiger partial charge on any atom is -0.461 e. The highest BCUT2D eigenvalue weighted by atomic mass is 16.5. The fourth-order valence-corrected chi connectivity index (χ4v) is 11.5. The average molecular weight is 788 g/mol. The zero-order valence-corrected chi connectivity index (χ0v) is 33.4. The molecule has 5 unspecified atom stereocenters. The summed E-state index contributed by atoms with van der Waals surface area (Å²) in [6.07, 6.45) is 12.0. The van der Waals surface area contributed by atoms with Crippen LogP contribution < -0.4 is 11.1 Å². The van der Waals surface area contributed by atoms with Gasteiger partial charge < -0.3 is 25.6 Å². The van der Waals surface area contributed by atoms with Crippen LogP contribution in [0.4, 0.5) is 5.69 Å². The molecule has 304 valence electrons. The molecule has 0 aliphatic heterocycles. The van der Waals surface area contributed by atoms with Gasteiger partial charge in [0.15, 0.2) is 11.6 Å². The van der Waals surface area contributed by atoms with E-state index in [0.29, 0.717) is 31.5 Å². The van der Waals surface area contributed by atoms with Gasteiger partial charge in [0.05, 0.1) is 23.9 Å². The number of ketones is 2. The first kappa shape index (κ1) is 39.8. The molecule has 1 heterocycles. The molecule has 1 aromatic heterocycles. The SMILES string of the molecule is C[C@@H]1CC2[C@@H]3CCC4=CC(=O)C=C[C@]4(C)C3[C@@H](O)C[C@]2(C)[C@H]1C(=O)COC(=O)C1CC1C(=O)OCc1ccc(C(CCN)C(=O)Nc2ccc3cnccc3c2)cc1. The highest BCUT2D eigenvalue weighted by Crippen LogP contribution is 2.67. The molecule has 2 aromatic carbocycles. The third-order valence-electron chi connectivity index (χ3n) is 14.4. The molecule has 11 heteroatoms. The average Bonchev–Trinajstić information content (AvgIpc) is 3.96. The molecule has 0 spiro atoms. The van der Waals surface area contributed by atoms with E-state index in [1.165, 1.54) is 0 Å². The standard InChI is InChI=1S/C47H53N3O8/c1-26-18-38-35-11-9-31-20-33(51)12-15-46(31,2)42(35)39(52)22-47(38,3)41(26)40(53)25-58-45(56)37-21-36(37)44(55)57-24-27-4-6-28(7-5-27)34(13-16-48)43(54)50-32-10-8-30-23-49-17-14-29(30)19-32/h4-8,10,12,14-15,17,19-20,23,26,34-39,41-42,52H,9,11,13,16,18,21-22,24-25,48H2,1-3H3,(H,50,54)/t26-,34?,35+,36?,37?,38?,39+,41-,42?,46+,47+/m1/s1. The predicted molar refractivity (Wildman–Crippen MR) is 217 cm³/mol. The van der Waals surface area contributed by atoms with Crippen molar-refractivity contribution in [1.29, 1.82) is 0 Å². The number of pyridine rings is 1. The number of nitrogens with two attached hydrogens (primary N) is 1. The number of esters is 2. The Bertz CT molecular complexity index is 2200. The van der Waals surface area contributed by atoms with Crippen LogP contribution in [0.15, 0.2) is 84.7 Å². The maximum absolute atomic E-state index is 13.9. The second-order valence-corrected chi connectivity index (χ2v) is 17.9. The Hall–Kier alpha value is -5.00. The van der Waals surface area contributed by atoms with Crippen LogP contribution in [0, 0.1) is 52.3 Å². The molecule has 5 aliphatic carbocycles. The van der Waals surface area contributed by atoms with E-state index in [0.717, 1.165) is 46.7 Å². The first-order chi connectivity index (χ1) is 27.8. The summed E-state index contributed by atoms with van der Waals surface area (Å²) < 4.78 is 11.1. The molecule has 11 nitrogen and oxygen atoms in total. The normalized spacial score (nSPS) is 32.6. The van der Waals surface area contributed by atoms with Gasteiger partial charge >= 0.3 is 11.9 Å². The van der Waals surface area contributed by atoms with Crippen LogP contribution in [0.3, 0.4) is 0 Å². The molecule has 3 aromatic rings. The van der Waals surface area contributed by atoms with Crippen LogP contribution >= 0.6 is 0 Å². The summed E-state index contributed by atoms with van der Waals surface area (Å²) in [7, 11) is 0. The largest absolute Gasteiger partial charge is 0.461 e. The molecule has 5 aliphatic rings. The van der Waals surface area contributed by atoms with Gasteiger partial charge in [-0.3, -0.25) is 29.0 Å². The van der Waals surface area contributed by atoms with E-state index >= 15 is 0 Å². The zero-order chi connectivity index (χ0) is 40.9. The van der Waals surface area contributed by atoms with Gasteiger partial charge in [0, 0.05) is 40.7 Å². The number of nitrogens with zero attached hydrogens (tertiary/aromatic N) is 1. The summed E-state index contributed by atoms with van der Waals surface area (Å²) in [5.41, 5.74) is 8.37. The lowest BCUT2D eigenvalue weighted by molar-refractivity contribution is -0.157. The lowest BCUT2D eigenvalue weighted by Crippen LogP contribution is -2.56. The number of rotatable bonds is 12. The van der Waals surface area contributed by atoms with Crippen molar-refractivity contribution in [3.8, 4) is 0 Å². The van der Waals surface area contributed by atoms with Crippen molar-refractivity contribution in [2.45, 2.75) is 77.9 Å². The van der Waals surface area contributed by atoms with Crippen molar-refractivity contribution in [1.82, 2.24) is 4.98 Å². The number of nitrogens with one attached hydrogen (secondary N) is 1. The first-order valence-electron chi connectivity index (χ1n) is 20.7. The zero-order valence-electron chi connectivity index (χ0n) is 33.4. The number of fused-ring (bicyclic) bond motifs is 6. The molecule has 0 radical (unpaired) electrons. The number of Topliss-reactive ketones (excluding diaryl/α,β-unsaturated/α-hetero) is 1. The lowest BCUT2D eigenvalue weighted by Gasteiger charge is -2.58. The van der Waals surface area contributed by atoms with Gasteiger partial charge in [-0.1, -0.05) is 62.8 Å². The third-order valence-corrected chi connectivity index (χ3v) is 14.4. The minimum atomic E-state index is -0.653. The number of benzene rings is 2. The number of amides is 1. The number of carbonyl (C=O) groups is 5. The van der Waals surface area contributed by atoms with Gasteiger partial charge in [0.1, 0.15) is 13.2 Å². The maximum atomic E-state index is 13.9. The van der Waals surface area contributed by atoms with Crippen molar-refractivity contribution in [2.75, 3.05) is 18.5 Å². The molecule has 4 saturated carbocycles. The number of aromatic nitrogens is 1. The van der Waals surface area contributed by atoms with Gasteiger partial charge in [0.2, 0.25) is 5.91 Å². The number of anilines is 1. The molecular weight excluding hydrogens is 735 g/mol. The van der Waals surface area contributed by atoms with E-state index in [1.807, 2.05) is 54.6 Å². The Morgan fingerprint density at radius 1 is 1.00 bits per heavy atom. The highest BCUT2D eigenvalue weighted by molar-refractivity contribution is 6.01. The topological polar surface area (TPSA) is 175 Å². The Labute approximate surface area is 338 Å². The summed E-state index contributed by atoms with van der Waals surface area (Å²) in [5, 5.41) is 16.7.